The molecule has 0 spiro atoms. The first-order chi connectivity index (χ1) is 41.9. The molecule has 0 heterocycles. The number of aliphatic hydroxyl groups is 1. The molecule has 17 nitrogen and oxygen atoms in total. The summed E-state index contributed by atoms with van der Waals surface area (Å²) in [4.78, 5) is 72.3. The SMILES string of the molecule is CCCCCCCCCCCCCCCCCCCCC(=O)O[C@H](COC(=O)CCCCCCCCCCC(C)CC)COP(=O)(O)OC[C@@H](O)COP(=O)(O)OC[C@@H](COC(=O)CCCCCCCCC)OC(=O)CCCCCCCCCC(C)C. The van der Waals surface area contributed by atoms with Crippen LogP contribution in [0.5, 0.6) is 0 Å². The van der Waals surface area contributed by atoms with Crippen molar-refractivity contribution in [3.8, 4) is 0 Å². The van der Waals surface area contributed by atoms with Gasteiger partial charge in [-0.2, -0.15) is 0 Å². The highest BCUT2D eigenvalue weighted by Crippen LogP contribution is 2.45. The summed E-state index contributed by atoms with van der Waals surface area (Å²) in [7, 11) is -9.89. The zero-order valence-electron chi connectivity index (χ0n) is 56.3. The van der Waals surface area contributed by atoms with Crippen LogP contribution >= 0.6 is 15.6 Å². The number of esters is 4. The van der Waals surface area contributed by atoms with E-state index in [1.165, 1.54) is 148 Å². The van der Waals surface area contributed by atoms with Crippen LogP contribution in [0.15, 0.2) is 0 Å². The molecule has 0 aliphatic carbocycles. The highest BCUT2D eigenvalue weighted by atomic mass is 31.2. The van der Waals surface area contributed by atoms with Gasteiger partial charge in [0.05, 0.1) is 26.4 Å². The van der Waals surface area contributed by atoms with Gasteiger partial charge in [0.1, 0.15) is 19.3 Å². The van der Waals surface area contributed by atoms with Crippen molar-refractivity contribution < 1.29 is 80.2 Å². The zero-order chi connectivity index (χ0) is 64.3. The van der Waals surface area contributed by atoms with Crippen molar-refractivity contribution in [3.05, 3.63) is 0 Å². The minimum absolute atomic E-state index is 0.103. The van der Waals surface area contributed by atoms with Crippen molar-refractivity contribution in [2.24, 2.45) is 11.8 Å². The third kappa shape index (κ3) is 61.3. The summed E-state index contributed by atoms with van der Waals surface area (Å²) < 4.78 is 68.1. The second-order valence-corrected chi connectivity index (χ2v) is 28.2. The smallest absolute Gasteiger partial charge is 0.462 e. The first-order valence-electron chi connectivity index (χ1n) is 35.5. The van der Waals surface area contributed by atoms with Crippen molar-refractivity contribution in [1.82, 2.24) is 0 Å². The van der Waals surface area contributed by atoms with Crippen molar-refractivity contribution in [2.45, 2.75) is 362 Å². The van der Waals surface area contributed by atoms with Gasteiger partial charge < -0.3 is 33.8 Å². The Balaban J connectivity index is 5.19. The molecule has 0 aromatic rings. The number of phosphoric ester groups is 2. The Morgan fingerprint density at radius 1 is 0.333 bits per heavy atom. The van der Waals surface area contributed by atoms with Crippen LogP contribution in [0.4, 0.5) is 0 Å². The Hall–Kier alpha value is -1.94. The Labute approximate surface area is 530 Å². The Bertz CT molecular complexity index is 1700. The molecule has 516 valence electrons. The molecular weight excluding hydrogens is 1150 g/mol. The molecule has 3 unspecified atom stereocenters. The van der Waals surface area contributed by atoms with Gasteiger partial charge in [-0.1, -0.05) is 292 Å². The van der Waals surface area contributed by atoms with Crippen LogP contribution in [0.2, 0.25) is 0 Å². The maximum atomic E-state index is 13.0. The average Bonchev–Trinajstić information content (AvgIpc) is 3.67. The number of rotatable bonds is 67. The van der Waals surface area contributed by atoms with Gasteiger partial charge in [-0.05, 0) is 37.5 Å². The monoisotopic (exact) mass is 1280 g/mol. The largest absolute Gasteiger partial charge is 0.472 e. The molecule has 0 aliphatic rings. The molecule has 3 N–H and O–H groups in total. The van der Waals surface area contributed by atoms with Crippen molar-refractivity contribution in [3.63, 3.8) is 0 Å². The fraction of sp³-hybridized carbons (Fsp3) is 0.941. The predicted molar refractivity (Wildman–Crippen MR) is 349 cm³/mol. The number of carbonyl (C=O) groups excluding carboxylic acids is 4. The van der Waals surface area contributed by atoms with E-state index in [1.807, 2.05) is 0 Å². The molecule has 6 atom stereocenters. The van der Waals surface area contributed by atoms with E-state index in [-0.39, 0.29) is 25.7 Å². The van der Waals surface area contributed by atoms with Crippen LogP contribution in [0, 0.1) is 11.8 Å². The minimum atomic E-state index is -4.95. The number of aliphatic hydroxyl groups excluding tert-OH is 1. The molecule has 0 saturated heterocycles. The van der Waals surface area contributed by atoms with E-state index in [0.717, 1.165) is 109 Å². The maximum absolute atomic E-state index is 13.0. The molecule has 0 bridgehead atoms. The van der Waals surface area contributed by atoms with Crippen LogP contribution in [-0.2, 0) is 65.4 Å². The van der Waals surface area contributed by atoms with Crippen molar-refractivity contribution in [2.75, 3.05) is 39.6 Å². The second kappa shape index (κ2) is 60.3. The van der Waals surface area contributed by atoms with Crippen molar-refractivity contribution >= 4 is 39.5 Å². The summed E-state index contributed by atoms with van der Waals surface area (Å²) >= 11 is 0. The number of ether oxygens (including phenoxy) is 4. The summed E-state index contributed by atoms with van der Waals surface area (Å²) in [5, 5.41) is 10.6. The molecule has 0 saturated carbocycles. The fourth-order valence-corrected chi connectivity index (χ4v) is 11.8. The van der Waals surface area contributed by atoms with Gasteiger partial charge in [0.25, 0.3) is 0 Å². The van der Waals surface area contributed by atoms with Gasteiger partial charge in [-0.15, -0.1) is 0 Å². The zero-order valence-corrected chi connectivity index (χ0v) is 58.1. The molecular formula is C68H132O17P2. The predicted octanol–water partition coefficient (Wildman–Crippen LogP) is 19.2. The Kier molecular flexibility index (Phi) is 59.0. The normalized spacial score (nSPS) is 14.5. The fourth-order valence-electron chi connectivity index (χ4n) is 10.2. The molecule has 19 heteroatoms. The van der Waals surface area contributed by atoms with E-state index >= 15 is 0 Å². The molecule has 0 aliphatic heterocycles. The molecule has 0 aromatic carbocycles. The maximum Gasteiger partial charge on any atom is 0.472 e. The summed E-state index contributed by atoms with van der Waals surface area (Å²) in [5.74, 6) is -0.661. The summed E-state index contributed by atoms with van der Waals surface area (Å²) in [6.45, 7) is 9.43. The lowest BCUT2D eigenvalue weighted by Crippen LogP contribution is -2.30. The Morgan fingerprint density at radius 3 is 0.874 bits per heavy atom. The lowest BCUT2D eigenvalue weighted by molar-refractivity contribution is -0.161. The lowest BCUT2D eigenvalue weighted by Gasteiger charge is -2.21. The molecule has 87 heavy (non-hydrogen) atoms. The van der Waals surface area contributed by atoms with Crippen LogP contribution in [0.3, 0.4) is 0 Å². The van der Waals surface area contributed by atoms with Gasteiger partial charge in [0, 0.05) is 25.7 Å². The van der Waals surface area contributed by atoms with E-state index in [0.29, 0.717) is 31.6 Å². The number of phosphoric acid groups is 2. The summed E-state index contributed by atoms with van der Waals surface area (Å²) in [5.41, 5.74) is 0. The summed E-state index contributed by atoms with van der Waals surface area (Å²) in [6, 6.07) is 0. The molecule has 0 rings (SSSR count). The minimum Gasteiger partial charge on any atom is -0.462 e. The third-order valence-corrected chi connectivity index (χ3v) is 18.0. The molecule has 0 radical (unpaired) electrons. The first-order valence-corrected chi connectivity index (χ1v) is 38.5. The average molecular weight is 1280 g/mol. The van der Waals surface area contributed by atoms with Gasteiger partial charge in [-0.25, -0.2) is 9.13 Å². The van der Waals surface area contributed by atoms with Gasteiger partial charge in [-0.3, -0.25) is 37.3 Å². The van der Waals surface area contributed by atoms with E-state index in [9.17, 15) is 43.2 Å². The van der Waals surface area contributed by atoms with Crippen molar-refractivity contribution in [1.29, 1.82) is 0 Å². The first kappa shape index (κ1) is 85.1. The highest BCUT2D eigenvalue weighted by molar-refractivity contribution is 7.47. The van der Waals surface area contributed by atoms with Crippen LogP contribution in [-0.4, -0.2) is 96.7 Å². The topological polar surface area (TPSA) is 237 Å². The van der Waals surface area contributed by atoms with E-state index in [1.54, 1.807) is 0 Å². The Morgan fingerprint density at radius 2 is 0.586 bits per heavy atom. The molecule has 0 amide bonds. The van der Waals surface area contributed by atoms with Gasteiger partial charge in [0.2, 0.25) is 0 Å². The highest BCUT2D eigenvalue weighted by Gasteiger charge is 2.30. The van der Waals surface area contributed by atoms with E-state index < -0.39 is 97.5 Å². The van der Waals surface area contributed by atoms with Gasteiger partial charge in [0.15, 0.2) is 12.2 Å². The number of hydrogen-bond donors (Lipinski definition) is 3. The number of hydrogen-bond acceptors (Lipinski definition) is 15. The third-order valence-electron chi connectivity index (χ3n) is 16.1. The quantitative estimate of drug-likeness (QED) is 0.0222. The molecule has 0 aromatic heterocycles. The standard InChI is InChI=1S/C68H132O17P2/c1-7-10-12-14-16-17-18-19-20-21-22-23-24-25-26-34-40-46-52-67(72)84-64(57-79-66(71)51-45-39-33-28-27-32-37-43-49-61(6)9-3)59-83-87(76,77)81-55-62(69)54-80-86(74,75)82-58-63(56-78-65(70)50-44-38-30-15-13-11-8-2)85-68(73)53-47-41-35-29-31-36-42-48-60(4)5/h60-64,69H,7-59H2,1-6H3,(H,74,75)(H,76,77)/t61?,62-,63+,64+/m0/s1. The van der Waals surface area contributed by atoms with Gasteiger partial charge >= 0.3 is 39.5 Å². The van der Waals surface area contributed by atoms with E-state index in [4.69, 9.17) is 37.0 Å². The summed E-state index contributed by atoms with van der Waals surface area (Å²) in [6.07, 6.45) is 44.7. The number of carbonyl (C=O) groups is 4. The lowest BCUT2D eigenvalue weighted by atomic mass is 9.99. The second-order valence-electron chi connectivity index (χ2n) is 25.3. The van der Waals surface area contributed by atoms with E-state index in [2.05, 4.69) is 41.5 Å². The van der Waals surface area contributed by atoms with Crippen LogP contribution in [0.1, 0.15) is 343 Å². The van der Waals surface area contributed by atoms with Crippen LogP contribution in [0.25, 0.3) is 0 Å². The molecule has 0 fully saturated rings. The number of unbranched alkanes of at least 4 members (excludes halogenated alkanes) is 36. The van der Waals surface area contributed by atoms with Crippen LogP contribution < -0.4 is 0 Å².